The number of fused-ring (bicyclic) bond motifs is 5. The Morgan fingerprint density at radius 2 is 1.81 bits per heavy atom. The summed E-state index contributed by atoms with van der Waals surface area (Å²) >= 11 is 0. The quantitative estimate of drug-likeness (QED) is 0.631. The molecule has 4 nitrogen and oxygen atoms in total. The SMILES string of the molecule is C[C@]12CCCC[C@H]1CC[C@H]1[C@@H]3CC[C@H](C(CO)=C(O)O)[C@@]3(C)CC(=O)[C@@H]12. The molecule has 0 bridgehead atoms. The van der Waals surface area contributed by atoms with Crippen molar-refractivity contribution in [1.82, 2.24) is 0 Å². The fourth-order valence-corrected chi connectivity index (χ4v) is 8.02. The van der Waals surface area contributed by atoms with E-state index in [4.69, 9.17) is 0 Å². The van der Waals surface area contributed by atoms with Gasteiger partial charge in [-0.1, -0.05) is 26.7 Å². The summed E-state index contributed by atoms with van der Waals surface area (Å²) in [6.07, 6.45) is 9.85. The van der Waals surface area contributed by atoms with Crippen LogP contribution in [0.2, 0.25) is 0 Å². The fraction of sp³-hybridized carbons (Fsp3) is 0.864. The maximum absolute atomic E-state index is 13.5. The zero-order valence-corrected chi connectivity index (χ0v) is 16.2. The average Bonchev–Trinajstić information content (AvgIpc) is 2.91. The first kappa shape index (κ1) is 18.3. The molecule has 4 saturated carbocycles. The molecule has 0 aromatic carbocycles. The fourth-order valence-electron chi connectivity index (χ4n) is 8.02. The highest BCUT2D eigenvalue weighted by atomic mass is 16.5. The van der Waals surface area contributed by atoms with Crippen LogP contribution in [0.1, 0.15) is 71.6 Å². The molecule has 4 rings (SSSR count). The van der Waals surface area contributed by atoms with Crippen molar-refractivity contribution < 1.29 is 20.1 Å². The highest BCUT2D eigenvalue weighted by molar-refractivity contribution is 5.84. The molecule has 0 aromatic rings. The summed E-state index contributed by atoms with van der Waals surface area (Å²) in [4.78, 5) is 13.5. The lowest BCUT2D eigenvalue weighted by Crippen LogP contribution is -2.56. The average molecular weight is 363 g/mol. The third-order valence-electron chi connectivity index (χ3n) is 9.14. The van der Waals surface area contributed by atoms with Crippen LogP contribution in [0.25, 0.3) is 0 Å². The van der Waals surface area contributed by atoms with Gasteiger partial charge < -0.3 is 15.3 Å². The molecule has 4 aliphatic carbocycles. The Labute approximate surface area is 156 Å². The zero-order chi connectivity index (χ0) is 18.7. The van der Waals surface area contributed by atoms with Crippen molar-refractivity contribution in [2.24, 2.45) is 40.4 Å². The van der Waals surface area contributed by atoms with Crippen LogP contribution < -0.4 is 0 Å². The smallest absolute Gasteiger partial charge is 0.275 e. The van der Waals surface area contributed by atoms with Crippen LogP contribution in [-0.2, 0) is 4.79 Å². The number of Topliss-reactive ketones (excluding diaryl/α,β-unsaturated/α-hetero) is 1. The first-order valence-corrected chi connectivity index (χ1v) is 10.6. The van der Waals surface area contributed by atoms with E-state index >= 15 is 0 Å². The van der Waals surface area contributed by atoms with Gasteiger partial charge in [0.05, 0.1) is 6.61 Å². The van der Waals surface area contributed by atoms with E-state index in [9.17, 15) is 20.1 Å². The van der Waals surface area contributed by atoms with Gasteiger partial charge in [0.15, 0.2) is 0 Å². The van der Waals surface area contributed by atoms with Crippen LogP contribution in [0, 0.1) is 40.4 Å². The van der Waals surface area contributed by atoms with Crippen molar-refractivity contribution in [1.29, 1.82) is 0 Å². The Morgan fingerprint density at radius 1 is 1.04 bits per heavy atom. The zero-order valence-electron chi connectivity index (χ0n) is 16.2. The lowest BCUT2D eigenvalue weighted by molar-refractivity contribution is -0.156. The van der Waals surface area contributed by atoms with Gasteiger partial charge in [0.25, 0.3) is 5.95 Å². The van der Waals surface area contributed by atoms with Crippen LogP contribution in [0.3, 0.4) is 0 Å². The standard InChI is InChI=1S/C22H34O4/c1-21-10-4-3-5-13(21)6-7-14-16-8-9-17(15(12-23)20(25)26)22(16,2)11-18(24)19(14)21/h13-14,16-17,19,23,25-26H,3-12H2,1-2H3/t13-,14-,16-,17+,19+,21-,22-/m0/s1. The molecular formula is C22H34O4. The molecule has 0 aromatic heterocycles. The molecule has 0 spiro atoms. The molecule has 7 atom stereocenters. The van der Waals surface area contributed by atoms with E-state index in [1.54, 1.807) is 0 Å². The number of carbonyl (C=O) groups is 1. The minimum absolute atomic E-state index is 0.0933. The van der Waals surface area contributed by atoms with E-state index in [0.29, 0.717) is 35.5 Å². The molecule has 26 heavy (non-hydrogen) atoms. The van der Waals surface area contributed by atoms with E-state index in [2.05, 4.69) is 13.8 Å². The van der Waals surface area contributed by atoms with Crippen LogP contribution in [0.5, 0.6) is 0 Å². The number of hydrogen-bond donors (Lipinski definition) is 3. The molecule has 146 valence electrons. The van der Waals surface area contributed by atoms with Gasteiger partial charge in [-0.2, -0.15) is 0 Å². The number of aliphatic hydroxyl groups is 3. The summed E-state index contributed by atoms with van der Waals surface area (Å²) in [7, 11) is 0. The molecule has 3 N–H and O–H groups in total. The first-order valence-electron chi connectivity index (χ1n) is 10.6. The van der Waals surface area contributed by atoms with Gasteiger partial charge in [-0.25, -0.2) is 0 Å². The van der Waals surface area contributed by atoms with Gasteiger partial charge in [-0.15, -0.1) is 0 Å². The van der Waals surface area contributed by atoms with Crippen molar-refractivity contribution in [2.75, 3.05) is 6.61 Å². The second kappa shape index (κ2) is 6.25. The second-order valence-electron chi connectivity index (χ2n) is 10.1. The minimum Gasteiger partial charge on any atom is -0.481 e. The Morgan fingerprint density at radius 3 is 2.50 bits per heavy atom. The van der Waals surface area contributed by atoms with Crippen LogP contribution in [0.15, 0.2) is 11.5 Å². The molecule has 0 saturated heterocycles. The summed E-state index contributed by atoms with van der Waals surface area (Å²) in [6.45, 7) is 4.22. The second-order valence-corrected chi connectivity index (χ2v) is 10.1. The molecule has 0 unspecified atom stereocenters. The van der Waals surface area contributed by atoms with Gasteiger partial charge in [-0.05, 0) is 73.0 Å². The summed E-state index contributed by atoms with van der Waals surface area (Å²) in [6, 6.07) is 0. The highest BCUT2D eigenvalue weighted by Gasteiger charge is 2.63. The predicted octanol–water partition coefficient (Wildman–Crippen LogP) is 4.53. The first-order chi connectivity index (χ1) is 12.3. The number of rotatable bonds is 2. The number of carbonyl (C=O) groups excluding carboxylic acids is 1. The third-order valence-corrected chi connectivity index (χ3v) is 9.14. The van der Waals surface area contributed by atoms with E-state index in [1.807, 2.05) is 0 Å². The monoisotopic (exact) mass is 362 g/mol. The summed E-state index contributed by atoms with van der Waals surface area (Å²) in [5.74, 6) is 1.37. The summed E-state index contributed by atoms with van der Waals surface area (Å²) in [5.41, 5.74) is 0.260. The largest absolute Gasteiger partial charge is 0.481 e. The number of aliphatic hydroxyl groups excluding tert-OH is 2. The van der Waals surface area contributed by atoms with Crippen LogP contribution >= 0.6 is 0 Å². The normalized spacial score (nSPS) is 47.7. The van der Waals surface area contributed by atoms with Gasteiger partial charge in [0, 0.05) is 17.9 Å². The Bertz CT molecular complexity index is 622. The number of ketones is 1. The highest BCUT2D eigenvalue weighted by Crippen LogP contribution is 2.67. The molecule has 4 aliphatic rings. The number of hydrogen-bond acceptors (Lipinski definition) is 4. The van der Waals surface area contributed by atoms with Crippen LogP contribution in [-0.4, -0.2) is 27.7 Å². The van der Waals surface area contributed by atoms with Gasteiger partial charge in [-0.3, -0.25) is 4.79 Å². The van der Waals surface area contributed by atoms with E-state index in [-0.39, 0.29) is 29.3 Å². The summed E-state index contributed by atoms with van der Waals surface area (Å²) in [5, 5.41) is 29.0. The van der Waals surface area contributed by atoms with Gasteiger partial charge >= 0.3 is 0 Å². The molecule has 0 amide bonds. The van der Waals surface area contributed by atoms with E-state index in [1.165, 1.54) is 32.1 Å². The van der Waals surface area contributed by atoms with E-state index < -0.39 is 5.95 Å². The molecule has 0 radical (unpaired) electrons. The lowest BCUT2D eigenvalue weighted by Gasteiger charge is -2.59. The van der Waals surface area contributed by atoms with Gasteiger partial charge in [0.2, 0.25) is 0 Å². The molecule has 4 heteroatoms. The maximum Gasteiger partial charge on any atom is 0.275 e. The lowest BCUT2D eigenvalue weighted by atomic mass is 9.44. The van der Waals surface area contributed by atoms with E-state index in [0.717, 1.165) is 19.3 Å². The van der Waals surface area contributed by atoms with Crippen molar-refractivity contribution in [3.63, 3.8) is 0 Å². The molecular weight excluding hydrogens is 328 g/mol. The van der Waals surface area contributed by atoms with Crippen molar-refractivity contribution in [2.45, 2.75) is 71.6 Å². The third kappa shape index (κ3) is 2.40. The topological polar surface area (TPSA) is 77.8 Å². The Hall–Kier alpha value is -1.03. The Balaban J connectivity index is 1.69. The van der Waals surface area contributed by atoms with Crippen LogP contribution in [0.4, 0.5) is 0 Å². The van der Waals surface area contributed by atoms with Crippen molar-refractivity contribution in [3.8, 4) is 0 Å². The van der Waals surface area contributed by atoms with Crippen molar-refractivity contribution in [3.05, 3.63) is 11.5 Å². The summed E-state index contributed by atoms with van der Waals surface area (Å²) < 4.78 is 0. The maximum atomic E-state index is 13.5. The molecule has 0 heterocycles. The molecule has 0 aliphatic heterocycles. The Kier molecular flexibility index (Phi) is 4.41. The minimum atomic E-state index is -0.739. The van der Waals surface area contributed by atoms with Gasteiger partial charge in [0.1, 0.15) is 5.78 Å². The predicted molar refractivity (Wildman–Crippen MR) is 99.6 cm³/mol. The van der Waals surface area contributed by atoms with Crippen molar-refractivity contribution >= 4 is 5.78 Å². The molecule has 4 fully saturated rings.